The van der Waals surface area contributed by atoms with Gasteiger partial charge in [-0.1, -0.05) is 91.0 Å². The van der Waals surface area contributed by atoms with E-state index in [2.05, 4.69) is 126 Å². The highest BCUT2D eigenvalue weighted by Crippen LogP contribution is 2.59. The molecule has 4 aromatic carbocycles. The molecule has 0 unspecified atom stereocenters. The van der Waals surface area contributed by atoms with Gasteiger partial charge in [-0.3, -0.25) is 0 Å². The molecule has 0 spiro atoms. The van der Waals surface area contributed by atoms with Crippen molar-refractivity contribution in [2.24, 2.45) is 0 Å². The van der Waals surface area contributed by atoms with E-state index in [0.29, 0.717) is 5.92 Å². The van der Waals surface area contributed by atoms with Crippen LogP contribution in [0.1, 0.15) is 51.3 Å². The molecule has 34 heavy (non-hydrogen) atoms. The van der Waals surface area contributed by atoms with E-state index in [4.69, 9.17) is 0 Å². The maximum Gasteiger partial charge on any atom is 0.0459 e. The van der Waals surface area contributed by atoms with Gasteiger partial charge in [0.25, 0.3) is 0 Å². The molecule has 2 heteroatoms. The average molecular weight is 439 g/mol. The Hall–Kier alpha value is -4.04. The molecule has 6 aromatic rings. The lowest BCUT2D eigenvalue weighted by Gasteiger charge is -2.27. The third-order valence-electron chi connectivity index (χ3n) is 7.66. The molecule has 0 saturated carbocycles. The van der Waals surface area contributed by atoms with Crippen LogP contribution in [0.5, 0.6) is 0 Å². The Balaban J connectivity index is 1.56. The summed E-state index contributed by atoms with van der Waals surface area (Å²) in [7, 11) is 0. The summed E-state index contributed by atoms with van der Waals surface area (Å²) in [4.78, 5) is 7.46. The highest BCUT2D eigenvalue weighted by molar-refractivity contribution is 5.90. The maximum absolute atomic E-state index is 3.88. The third-order valence-corrected chi connectivity index (χ3v) is 7.66. The quantitative estimate of drug-likeness (QED) is 0.280. The first-order valence-electron chi connectivity index (χ1n) is 12.1. The zero-order valence-electron chi connectivity index (χ0n) is 19.1. The van der Waals surface area contributed by atoms with Crippen LogP contribution in [0.3, 0.4) is 0 Å². The molecular formula is C32H26N2. The number of rotatable bonds is 3. The largest absolute Gasteiger partial charge is 0.361 e. The van der Waals surface area contributed by atoms with Crippen molar-refractivity contribution in [1.29, 1.82) is 0 Å². The predicted octanol–water partition coefficient (Wildman–Crippen LogP) is 8.02. The third kappa shape index (κ3) is 2.82. The molecule has 164 valence electrons. The molecule has 2 nitrogen and oxygen atoms in total. The second kappa shape index (κ2) is 7.50. The summed E-state index contributed by atoms with van der Waals surface area (Å²) in [6.45, 7) is 2.16. The van der Waals surface area contributed by atoms with Crippen molar-refractivity contribution in [3.8, 4) is 0 Å². The first kappa shape index (κ1) is 19.4. The summed E-state index contributed by atoms with van der Waals surface area (Å²) in [6, 6.07) is 37.7. The van der Waals surface area contributed by atoms with E-state index in [-0.39, 0.29) is 11.8 Å². The monoisotopic (exact) mass is 438 g/mol. The van der Waals surface area contributed by atoms with Crippen LogP contribution in [-0.4, -0.2) is 9.97 Å². The molecule has 2 heterocycles. The van der Waals surface area contributed by atoms with E-state index < -0.39 is 0 Å². The zero-order chi connectivity index (χ0) is 22.6. The molecule has 2 aromatic heterocycles. The van der Waals surface area contributed by atoms with Gasteiger partial charge in [-0.05, 0) is 46.9 Å². The van der Waals surface area contributed by atoms with Crippen LogP contribution in [0.4, 0.5) is 0 Å². The van der Waals surface area contributed by atoms with Gasteiger partial charge in [-0.15, -0.1) is 0 Å². The van der Waals surface area contributed by atoms with Gasteiger partial charge >= 0.3 is 0 Å². The molecule has 0 radical (unpaired) electrons. The van der Waals surface area contributed by atoms with Crippen LogP contribution in [-0.2, 0) is 0 Å². The summed E-state index contributed by atoms with van der Waals surface area (Å²) in [5, 5.41) is 2.65. The highest BCUT2D eigenvalue weighted by Gasteiger charge is 2.46. The molecule has 1 aliphatic rings. The number of aryl methyl sites for hydroxylation is 1. The molecule has 7 rings (SSSR count). The van der Waals surface area contributed by atoms with Crippen LogP contribution in [0, 0.1) is 6.92 Å². The normalized spacial score (nSPS) is 19.6. The smallest absolute Gasteiger partial charge is 0.0459 e. The van der Waals surface area contributed by atoms with Gasteiger partial charge in [-0.2, -0.15) is 0 Å². The fourth-order valence-electron chi connectivity index (χ4n) is 6.28. The van der Waals surface area contributed by atoms with E-state index in [1.54, 1.807) is 0 Å². The number of aromatic nitrogens is 2. The van der Waals surface area contributed by atoms with Gasteiger partial charge < -0.3 is 9.97 Å². The van der Waals surface area contributed by atoms with Crippen LogP contribution in [0.2, 0.25) is 0 Å². The van der Waals surface area contributed by atoms with Gasteiger partial charge in [0.15, 0.2) is 0 Å². The van der Waals surface area contributed by atoms with Crippen molar-refractivity contribution in [3.05, 3.63) is 143 Å². The lowest BCUT2D eigenvalue weighted by Crippen LogP contribution is -2.14. The number of hydrogen-bond donors (Lipinski definition) is 2. The second-order valence-corrected chi connectivity index (χ2v) is 9.59. The molecule has 3 atom stereocenters. The minimum atomic E-state index is 0.228. The Labute approximate surface area is 199 Å². The Kier molecular flexibility index (Phi) is 4.28. The van der Waals surface area contributed by atoms with Gasteiger partial charge in [0.2, 0.25) is 0 Å². The minimum absolute atomic E-state index is 0.228. The fourth-order valence-corrected chi connectivity index (χ4v) is 6.28. The van der Waals surface area contributed by atoms with Gasteiger partial charge in [-0.25, -0.2) is 0 Å². The van der Waals surface area contributed by atoms with Crippen LogP contribution < -0.4 is 0 Å². The van der Waals surface area contributed by atoms with Gasteiger partial charge in [0.05, 0.1) is 0 Å². The molecule has 0 amide bonds. The molecule has 2 N–H and O–H groups in total. The van der Waals surface area contributed by atoms with Crippen molar-refractivity contribution < 1.29 is 0 Å². The topological polar surface area (TPSA) is 31.6 Å². The number of nitrogens with one attached hydrogen (secondary N) is 2. The molecule has 0 aliphatic heterocycles. The Morgan fingerprint density at radius 2 is 1.32 bits per heavy atom. The first-order chi connectivity index (χ1) is 16.8. The molecular weight excluding hydrogens is 412 g/mol. The molecule has 1 aliphatic carbocycles. The number of fused-ring (bicyclic) bond motifs is 4. The van der Waals surface area contributed by atoms with Gasteiger partial charge in [0, 0.05) is 51.5 Å². The molecule has 0 bridgehead atoms. The summed E-state index contributed by atoms with van der Waals surface area (Å²) < 4.78 is 0. The average Bonchev–Trinajstić information content (AvgIpc) is 3.55. The summed E-state index contributed by atoms with van der Waals surface area (Å²) in [5.41, 5.74) is 10.6. The van der Waals surface area contributed by atoms with Crippen LogP contribution in [0.25, 0.3) is 21.8 Å². The summed E-state index contributed by atoms with van der Waals surface area (Å²) in [6.07, 6.45) is 2.24. The molecule has 0 fully saturated rings. The number of para-hydroxylation sites is 1. The maximum atomic E-state index is 3.88. The number of H-pyrrole nitrogens is 2. The lowest BCUT2D eigenvalue weighted by molar-refractivity contribution is 0.594. The number of aromatic amines is 2. The summed E-state index contributed by atoms with van der Waals surface area (Å²) >= 11 is 0. The van der Waals surface area contributed by atoms with Crippen molar-refractivity contribution in [3.63, 3.8) is 0 Å². The van der Waals surface area contributed by atoms with E-state index in [9.17, 15) is 0 Å². The van der Waals surface area contributed by atoms with Crippen molar-refractivity contribution in [2.45, 2.75) is 24.7 Å². The van der Waals surface area contributed by atoms with Crippen molar-refractivity contribution in [1.82, 2.24) is 9.97 Å². The minimum Gasteiger partial charge on any atom is -0.361 e. The Morgan fingerprint density at radius 3 is 2.12 bits per heavy atom. The zero-order valence-corrected chi connectivity index (χ0v) is 19.1. The Morgan fingerprint density at radius 1 is 0.618 bits per heavy atom. The van der Waals surface area contributed by atoms with E-state index in [0.717, 1.165) is 0 Å². The lowest BCUT2D eigenvalue weighted by atomic mass is 9.75. The van der Waals surface area contributed by atoms with E-state index in [1.807, 2.05) is 0 Å². The first-order valence-corrected chi connectivity index (χ1v) is 12.1. The highest BCUT2D eigenvalue weighted by atomic mass is 14.8. The standard InChI is InChI=1S/C32H26N2/c1-20-16-17-23-25(19-33-27(23)18-20)31-29(22-12-6-3-7-13-22)28(21-10-4-2-5-11-21)30-24-14-8-9-15-26(24)34-32(30)31/h2-19,28-29,31,33-34H,1H3/t28-,29-,31+/m0/s1. The van der Waals surface area contributed by atoms with Crippen molar-refractivity contribution in [2.75, 3.05) is 0 Å². The number of hydrogen-bond acceptors (Lipinski definition) is 0. The van der Waals surface area contributed by atoms with Crippen LogP contribution >= 0.6 is 0 Å². The van der Waals surface area contributed by atoms with E-state index >= 15 is 0 Å². The number of benzene rings is 4. The van der Waals surface area contributed by atoms with Crippen LogP contribution in [0.15, 0.2) is 109 Å². The summed E-state index contributed by atoms with van der Waals surface area (Å²) in [5.74, 6) is 0.802. The predicted molar refractivity (Wildman–Crippen MR) is 141 cm³/mol. The van der Waals surface area contributed by atoms with Crippen molar-refractivity contribution >= 4 is 21.8 Å². The molecule has 0 saturated heterocycles. The Bertz CT molecular complexity index is 1620. The van der Waals surface area contributed by atoms with Gasteiger partial charge in [0.1, 0.15) is 0 Å². The van der Waals surface area contributed by atoms with E-state index in [1.165, 1.54) is 55.3 Å². The SMILES string of the molecule is Cc1ccc2c([C@H]3c4[nH]c5ccccc5c4[C@@H](c4ccccc4)[C@@H]3c3ccccc3)c[nH]c2c1. The fraction of sp³-hybridized carbons (Fsp3) is 0.125. The second-order valence-electron chi connectivity index (χ2n) is 9.59.